The van der Waals surface area contributed by atoms with Crippen LogP contribution in [-0.2, 0) is 12.8 Å². The minimum Gasteiger partial charge on any atom is -0.334 e. The van der Waals surface area contributed by atoms with Crippen molar-refractivity contribution in [3.05, 3.63) is 55.7 Å². The molecule has 0 amide bonds. The number of pyridine rings is 1. The molecule has 0 aliphatic carbocycles. The Morgan fingerprint density at radius 1 is 1.23 bits per heavy atom. The van der Waals surface area contributed by atoms with E-state index in [1.54, 1.807) is 0 Å². The predicted molar refractivity (Wildman–Crippen MR) is 89.4 cm³/mol. The number of hydrogen-bond acceptors (Lipinski definition) is 4. The summed E-state index contributed by atoms with van der Waals surface area (Å²) in [4.78, 5) is 14.7. The van der Waals surface area contributed by atoms with Gasteiger partial charge >= 0.3 is 5.69 Å². The standard InChI is InChI=1S/C15H15Cl2N3O2/c1-3-9-6-5-7-10(4-2)13(9)18-15-12(20(21)22)8-11(16)14(17)19-15/h5-8H,3-4H2,1-2H3,(H,18,19). The molecule has 0 radical (unpaired) electrons. The van der Waals surface area contributed by atoms with Crippen LogP contribution in [-0.4, -0.2) is 9.91 Å². The lowest BCUT2D eigenvalue weighted by Gasteiger charge is -2.15. The Morgan fingerprint density at radius 2 is 1.82 bits per heavy atom. The van der Waals surface area contributed by atoms with Gasteiger partial charge in [0.2, 0.25) is 5.82 Å². The molecule has 0 saturated carbocycles. The molecule has 0 saturated heterocycles. The number of nitrogens with one attached hydrogen (secondary N) is 1. The molecule has 1 aromatic heterocycles. The van der Waals surface area contributed by atoms with E-state index < -0.39 is 4.92 Å². The van der Waals surface area contributed by atoms with Gasteiger partial charge in [-0.25, -0.2) is 4.98 Å². The molecule has 0 bridgehead atoms. The largest absolute Gasteiger partial charge is 0.334 e. The van der Waals surface area contributed by atoms with Gasteiger partial charge in [-0.05, 0) is 24.0 Å². The van der Waals surface area contributed by atoms with Gasteiger partial charge in [0, 0.05) is 11.8 Å². The molecule has 22 heavy (non-hydrogen) atoms. The summed E-state index contributed by atoms with van der Waals surface area (Å²) in [5.74, 6) is 0.0926. The normalized spacial score (nSPS) is 10.5. The Morgan fingerprint density at radius 3 is 2.32 bits per heavy atom. The summed E-state index contributed by atoms with van der Waals surface area (Å²) in [6.07, 6.45) is 1.59. The van der Waals surface area contributed by atoms with E-state index in [4.69, 9.17) is 23.2 Å². The first-order valence-corrected chi connectivity index (χ1v) is 7.61. The predicted octanol–water partition coefficient (Wildman–Crippen LogP) is 5.17. The van der Waals surface area contributed by atoms with E-state index >= 15 is 0 Å². The highest BCUT2D eigenvalue weighted by molar-refractivity contribution is 6.41. The third-order valence-corrected chi connectivity index (χ3v) is 4.03. The maximum absolute atomic E-state index is 11.2. The van der Waals surface area contributed by atoms with Crippen LogP contribution in [0.3, 0.4) is 0 Å². The first-order valence-electron chi connectivity index (χ1n) is 6.86. The number of halogens is 2. The minimum atomic E-state index is -0.530. The monoisotopic (exact) mass is 339 g/mol. The summed E-state index contributed by atoms with van der Waals surface area (Å²) in [7, 11) is 0. The van der Waals surface area contributed by atoms with Crippen LogP contribution < -0.4 is 5.32 Å². The summed E-state index contributed by atoms with van der Waals surface area (Å²) in [5.41, 5.74) is 2.74. The molecule has 1 heterocycles. The van der Waals surface area contributed by atoms with Crippen LogP contribution in [0.2, 0.25) is 10.2 Å². The fraction of sp³-hybridized carbons (Fsp3) is 0.267. The Bertz CT molecular complexity index is 698. The molecule has 2 rings (SSSR count). The zero-order valence-electron chi connectivity index (χ0n) is 12.2. The maximum atomic E-state index is 11.2. The molecule has 2 aromatic rings. The van der Waals surface area contributed by atoms with E-state index in [9.17, 15) is 10.1 Å². The van der Waals surface area contributed by atoms with Gasteiger partial charge in [0.15, 0.2) is 5.15 Å². The van der Waals surface area contributed by atoms with Crippen molar-refractivity contribution in [2.75, 3.05) is 5.32 Å². The fourth-order valence-electron chi connectivity index (χ4n) is 2.21. The SMILES string of the molecule is CCc1cccc(CC)c1Nc1nc(Cl)c(Cl)cc1[N+](=O)[O-]. The molecule has 0 atom stereocenters. The average Bonchev–Trinajstić information content (AvgIpc) is 2.50. The number of para-hydroxylation sites is 1. The van der Waals surface area contributed by atoms with E-state index in [2.05, 4.69) is 10.3 Å². The highest BCUT2D eigenvalue weighted by atomic mass is 35.5. The quantitative estimate of drug-likeness (QED) is 0.463. The first-order chi connectivity index (χ1) is 10.5. The number of benzene rings is 1. The van der Waals surface area contributed by atoms with Crippen LogP contribution in [0.5, 0.6) is 0 Å². The summed E-state index contributed by atoms with van der Waals surface area (Å²) < 4.78 is 0. The molecule has 0 spiro atoms. The summed E-state index contributed by atoms with van der Waals surface area (Å²) in [5, 5.41) is 14.4. The third-order valence-electron chi connectivity index (χ3n) is 3.35. The second kappa shape index (κ2) is 6.94. The van der Waals surface area contributed by atoms with Gasteiger partial charge < -0.3 is 5.32 Å². The second-order valence-electron chi connectivity index (χ2n) is 4.67. The van der Waals surface area contributed by atoms with E-state index in [-0.39, 0.29) is 21.7 Å². The molecule has 0 aliphatic rings. The molecule has 0 unspecified atom stereocenters. The number of aryl methyl sites for hydroxylation is 2. The molecule has 7 heteroatoms. The van der Waals surface area contributed by atoms with E-state index in [0.29, 0.717) is 0 Å². The molecule has 116 valence electrons. The first kappa shape index (κ1) is 16.5. The molecule has 0 aliphatic heterocycles. The van der Waals surface area contributed by atoms with Gasteiger partial charge in [0.25, 0.3) is 0 Å². The summed E-state index contributed by atoms with van der Waals surface area (Å²) in [6, 6.07) is 7.13. The maximum Gasteiger partial charge on any atom is 0.313 e. The summed E-state index contributed by atoms with van der Waals surface area (Å²) in [6.45, 7) is 4.05. The van der Waals surface area contributed by atoms with Crippen molar-refractivity contribution in [3.8, 4) is 0 Å². The molecule has 1 aromatic carbocycles. The van der Waals surface area contributed by atoms with Crippen LogP contribution in [0, 0.1) is 10.1 Å². The van der Waals surface area contributed by atoms with Gasteiger partial charge in [0.05, 0.1) is 9.95 Å². The summed E-state index contributed by atoms with van der Waals surface area (Å²) >= 11 is 11.7. The van der Waals surface area contributed by atoms with Gasteiger partial charge in [-0.15, -0.1) is 0 Å². The molecule has 1 N–H and O–H groups in total. The lowest BCUT2D eigenvalue weighted by molar-refractivity contribution is -0.384. The molecule has 5 nitrogen and oxygen atoms in total. The van der Waals surface area contributed by atoms with Gasteiger partial charge in [0.1, 0.15) is 0 Å². The van der Waals surface area contributed by atoms with E-state index in [1.807, 2.05) is 32.0 Å². The highest BCUT2D eigenvalue weighted by Crippen LogP contribution is 2.34. The van der Waals surface area contributed by atoms with Crippen molar-refractivity contribution in [3.63, 3.8) is 0 Å². The Kier molecular flexibility index (Phi) is 5.21. The number of hydrogen-bond donors (Lipinski definition) is 1. The Labute approximate surface area is 138 Å². The van der Waals surface area contributed by atoms with Gasteiger partial charge in [-0.3, -0.25) is 10.1 Å². The number of rotatable bonds is 5. The van der Waals surface area contributed by atoms with Crippen LogP contribution >= 0.6 is 23.2 Å². The van der Waals surface area contributed by atoms with Crippen LogP contribution in [0.4, 0.5) is 17.2 Å². The zero-order chi connectivity index (χ0) is 16.3. The van der Waals surface area contributed by atoms with Crippen LogP contribution in [0.15, 0.2) is 24.3 Å². The molecule has 0 fully saturated rings. The third kappa shape index (κ3) is 3.31. The topological polar surface area (TPSA) is 68.1 Å². The molecular weight excluding hydrogens is 325 g/mol. The van der Waals surface area contributed by atoms with Crippen molar-refractivity contribution in [2.24, 2.45) is 0 Å². The van der Waals surface area contributed by atoms with Crippen molar-refractivity contribution < 1.29 is 4.92 Å². The lowest BCUT2D eigenvalue weighted by Crippen LogP contribution is -2.04. The smallest absolute Gasteiger partial charge is 0.313 e. The number of anilines is 2. The van der Waals surface area contributed by atoms with Crippen molar-refractivity contribution in [1.29, 1.82) is 0 Å². The van der Waals surface area contributed by atoms with Crippen molar-refractivity contribution >= 4 is 40.4 Å². The lowest BCUT2D eigenvalue weighted by atomic mass is 10.0. The minimum absolute atomic E-state index is 0.0294. The number of nitro groups is 1. The van der Waals surface area contributed by atoms with E-state index in [0.717, 1.165) is 29.7 Å². The van der Waals surface area contributed by atoms with Crippen molar-refractivity contribution in [2.45, 2.75) is 26.7 Å². The van der Waals surface area contributed by atoms with Crippen LogP contribution in [0.1, 0.15) is 25.0 Å². The van der Waals surface area contributed by atoms with Crippen LogP contribution in [0.25, 0.3) is 0 Å². The van der Waals surface area contributed by atoms with Gasteiger partial charge in [-0.2, -0.15) is 0 Å². The van der Waals surface area contributed by atoms with E-state index in [1.165, 1.54) is 6.07 Å². The Hall–Kier alpha value is -1.85. The molecular formula is C15H15Cl2N3O2. The van der Waals surface area contributed by atoms with Gasteiger partial charge in [-0.1, -0.05) is 55.2 Å². The second-order valence-corrected chi connectivity index (χ2v) is 5.43. The number of aromatic nitrogens is 1. The fourth-order valence-corrected chi connectivity index (χ4v) is 2.49. The zero-order valence-corrected chi connectivity index (χ0v) is 13.7. The average molecular weight is 340 g/mol. The number of nitrogens with zero attached hydrogens (tertiary/aromatic N) is 2. The Balaban J connectivity index is 2.56. The van der Waals surface area contributed by atoms with Crippen molar-refractivity contribution in [1.82, 2.24) is 4.98 Å². The highest BCUT2D eigenvalue weighted by Gasteiger charge is 2.20.